The highest BCUT2D eigenvalue weighted by atomic mass is 15.3. The Balaban J connectivity index is 0.000000209. The number of hydrogen-bond donors (Lipinski definition) is 3. The molecule has 1 aliphatic carbocycles. The number of benzene rings is 5. The van der Waals surface area contributed by atoms with Gasteiger partial charge in [0.1, 0.15) is 5.82 Å². The third-order valence-electron chi connectivity index (χ3n) is 12.0. The molecule has 5 aromatic carbocycles. The van der Waals surface area contributed by atoms with Gasteiger partial charge >= 0.3 is 0 Å². The average Bonchev–Trinajstić information content (AvgIpc) is 3.78. The number of hydrogen-bond acceptors (Lipinski definition) is 5. The van der Waals surface area contributed by atoms with Crippen LogP contribution in [0.15, 0.2) is 220 Å². The van der Waals surface area contributed by atoms with E-state index in [1.54, 1.807) is 0 Å². The molecule has 364 valence electrons. The Kier molecular flexibility index (Phi) is 21.5. The Hall–Kier alpha value is -8.16. The molecule has 1 aliphatic heterocycles. The monoisotopic (exact) mass is 940 g/mol. The molecular formula is C64H73N7. The van der Waals surface area contributed by atoms with Crippen LogP contribution in [-0.2, 0) is 19.4 Å². The molecule has 0 atom stereocenters. The molecule has 0 unspecified atom stereocenters. The van der Waals surface area contributed by atoms with E-state index in [9.17, 15) is 0 Å². The molecule has 2 aliphatic rings. The van der Waals surface area contributed by atoms with Gasteiger partial charge in [-0.1, -0.05) is 161 Å². The molecule has 0 bridgehead atoms. The maximum atomic E-state index is 4.85. The molecule has 8 aromatic rings. The van der Waals surface area contributed by atoms with Gasteiger partial charge in [0.15, 0.2) is 0 Å². The summed E-state index contributed by atoms with van der Waals surface area (Å²) in [4.78, 5) is 11.8. The number of anilines is 2. The number of nitrogens with two attached hydrogens (primary N) is 1. The van der Waals surface area contributed by atoms with Crippen molar-refractivity contribution in [3.8, 4) is 22.5 Å². The first-order chi connectivity index (χ1) is 34.7. The number of H-pyrrole nitrogens is 1. The van der Waals surface area contributed by atoms with Gasteiger partial charge in [-0.3, -0.25) is 14.8 Å². The van der Waals surface area contributed by atoms with Gasteiger partial charge in [-0.05, 0) is 133 Å². The summed E-state index contributed by atoms with van der Waals surface area (Å²) in [6, 6.07) is 50.8. The largest absolute Gasteiger partial charge is 0.405 e. The summed E-state index contributed by atoms with van der Waals surface area (Å²) in [5.74, 6) is 0.825. The zero-order chi connectivity index (χ0) is 51.0. The maximum Gasteiger partial charge on any atom is 0.130 e. The number of nitrogens with one attached hydrogen (secondary N) is 2. The zero-order valence-electron chi connectivity index (χ0n) is 42.7. The van der Waals surface area contributed by atoms with E-state index in [1.807, 2.05) is 50.4 Å². The Bertz CT molecular complexity index is 2980. The van der Waals surface area contributed by atoms with E-state index in [-0.39, 0.29) is 0 Å². The fourth-order valence-electron chi connectivity index (χ4n) is 8.25. The van der Waals surface area contributed by atoms with Gasteiger partial charge < -0.3 is 16.0 Å². The van der Waals surface area contributed by atoms with Crippen molar-refractivity contribution >= 4 is 28.6 Å². The van der Waals surface area contributed by atoms with Crippen LogP contribution in [0.2, 0.25) is 0 Å². The molecule has 3 aromatic heterocycles. The van der Waals surface area contributed by atoms with E-state index in [0.29, 0.717) is 0 Å². The summed E-state index contributed by atoms with van der Waals surface area (Å²) in [5.41, 5.74) is 24.0. The number of fused-ring (bicyclic) bond motifs is 2. The summed E-state index contributed by atoms with van der Waals surface area (Å²) in [7, 11) is 2.15. The lowest BCUT2D eigenvalue weighted by Crippen LogP contribution is -2.12. The van der Waals surface area contributed by atoms with Crippen molar-refractivity contribution in [3.05, 3.63) is 259 Å². The number of likely N-dealkylation sites (N-methyl/N-ethyl adjacent to an activating group) is 1. The van der Waals surface area contributed by atoms with Gasteiger partial charge in [0, 0.05) is 48.7 Å². The predicted molar refractivity (Wildman–Crippen MR) is 308 cm³/mol. The van der Waals surface area contributed by atoms with E-state index in [0.717, 1.165) is 79.2 Å². The molecule has 7 nitrogen and oxygen atoms in total. The number of aromatic amines is 1. The van der Waals surface area contributed by atoms with Gasteiger partial charge in [-0.25, -0.2) is 4.98 Å². The summed E-state index contributed by atoms with van der Waals surface area (Å²) in [5, 5.41) is 6.82. The van der Waals surface area contributed by atoms with Crippen molar-refractivity contribution in [2.24, 2.45) is 5.73 Å². The fourth-order valence-corrected chi connectivity index (χ4v) is 8.25. The van der Waals surface area contributed by atoms with Crippen LogP contribution in [0.4, 0.5) is 11.5 Å². The third-order valence-corrected chi connectivity index (χ3v) is 12.0. The first-order valence-electron chi connectivity index (χ1n) is 24.6. The topological polar surface area (TPSA) is 87.8 Å². The summed E-state index contributed by atoms with van der Waals surface area (Å²) in [6.45, 7) is 27.2. The molecule has 10 rings (SSSR count). The minimum atomic E-state index is 0.820. The van der Waals surface area contributed by atoms with Gasteiger partial charge in [-0.2, -0.15) is 0 Å². The summed E-state index contributed by atoms with van der Waals surface area (Å²) in [6.07, 6.45) is 17.0. The quantitative estimate of drug-likeness (QED) is 0.112. The van der Waals surface area contributed by atoms with Gasteiger partial charge in [0.05, 0.1) is 29.0 Å². The Morgan fingerprint density at radius 2 is 1.46 bits per heavy atom. The highest BCUT2D eigenvalue weighted by Crippen LogP contribution is 2.31. The number of allylic oxidation sites excluding steroid dienone is 4. The van der Waals surface area contributed by atoms with Gasteiger partial charge in [0.2, 0.25) is 0 Å². The molecule has 0 saturated heterocycles. The van der Waals surface area contributed by atoms with Crippen LogP contribution in [0, 0.1) is 13.8 Å². The first kappa shape index (κ1) is 53.8. The lowest BCUT2D eigenvalue weighted by Gasteiger charge is -2.19. The SMILES string of the molecule is C=C.C=C(CC1=CCCC=C1)Nc1cccc(-c2ccc3[nH]n(Cc4ccccc4C)c3c2)n1.C=CN.C=Cc1ccccc1C.CC.CN1CCc2cc(-c3ccc(Cc4ccccc4)cn3)ccc21. The van der Waals surface area contributed by atoms with Crippen molar-refractivity contribution in [2.45, 2.75) is 66.3 Å². The van der Waals surface area contributed by atoms with Crippen molar-refractivity contribution in [2.75, 3.05) is 23.8 Å². The van der Waals surface area contributed by atoms with Gasteiger partial charge in [-0.15, -0.1) is 13.2 Å². The Morgan fingerprint density at radius 3 is 2.14 bits per heavy atom. The minimum absolute atomic E-state index is 0.820. The van der Waals surface area contributed by atoms with E-state index < -0.39 is 0 Å². The van der Waals surface area contributed by atoms with Crippen molar-refractivity contribution < 1.29 is 0 Å². The van der Waals surface area contributed by atoms with Crippen LogP contribution < -0.4 is 16.0 Å². The smallest absolute Gasteiger partial charge is 0.130 e. The normalized spacial score (nSPS) is 11.7. The second-order valence-electron chi connectivity index (χ2n) is 17.0. The van der Waals surface area contributed by atoms with Crippen LogP contribution in [-0.4, -0.2) is 33.3 Å². The van der Waals surface area contributed by atoms with E-state index in [4.69, 9.17) is 4.98 Å². The second kappa shape index (κ2) is 28.4. The molecule has 0 fully saturated rings. The molecule has 4 N–H and O–H groups in total. The highest BCUT2D eigenvalue weighted by molar-refractivity contribution is 5.83. The summed E-state index contributed by atoms with van der Waals surface area (Å²) >= 11 is 0. The lowest BCUT2D eigenvalue weighted by molar-refractivity contribution is 0.682. The summed E-state index contributed by atoms with van der Waals surface area (Å²) < 4.78 is 2.19. The minimum Gasteiger partial charge on any atom is -0.405 e. The molecular weight excluding hydrogens is 867 g/mol. The molecule has 0 spiro atoms. The van der Waals surface area contributed by atoms with Crippen molar-refractivity contribution in [1.82, 2.24) is 19.7 Å². The lowest BCUT2D eigenvalue weighted by atomic mass is 10.0. The van der Waals surface area contributed by atoms with E-state index in [2.05, 4.69) is 224 Å². The fraction of sp³-hybridized carbons (Fsp3) is 0.188. The van der Waals surface area contributed by atoms with Crippen LogP contribution >= 0.6 is 0 Å². The predicted octanol–water partition coefficient (Wildman–Crippen LogP) is 15.9. The number of aryl methyl sites for hydroxylation is 2. The van der Waals surface area contributed by atoms with E-state index >= 15 is 0 Å². The second-order valence-corrected chi connectivity index (χ2v) is 17.0. The van der Waals surface area contributed by atoms with Crippen LogP contribution in [0.1, 0.15) is 72.1 Å². The number of aromatic nitrogens is 4. The van der Waals surface area contributed by atoms with Crippen LogP contribution in [0.3, 0.4) is 0 Å². The van der Waals surface area contributed by atoms with Crippen LogP contribution in [0.5, 0.6) is 0 Å². The maximum absolute atomic E-state index is 4.85. The average molecular weight is 940 g/mol. The number of nitrogens with zero attached hydrogens (tertiary/aromatic N) is 4. The standard InChI is InChI=1S/C28H28N4.C21H20N2.C9H10.C2H5N.C2H6.C2H4/c1-20-9-6-7-12-24(20)19-32-27-18-23(15-16-26(27)31-32)25-13-8-14-28(30-25)29-21(2)17-22-10-4-3-5-11-22;1-23-12-11-19-14-18(8-10-21(19)23)20-9-7-17(15-22-20)13-16-5-3-2-4-6-16;1-3-9-7-5-4-6-8(9)2;1-2-3;2*1-2/h4,6-16,18,31H,2-3,5,17,19H2,1H3,(H,29,30);2-10,14-15H,11-13H2,1H3;3-7H,1H2,2H3;2H,1,3H2;1-2H3;1-2H2. The Morgan fingerprint density at radius 1 is 0.761 bits per heavy atom. The number of rotatable bonds is 11. The van der Waals surface area contributed by atoms with Crippen molar-refractivity contribution in [1.29, 1.82) is 0 Å². The Labute approximate surface area is 424 Å². The molecule has 4 heterocycles. The molecule has 7 heteroatoms. The number of pyridine rings is 2. The van der Waals surface area contributed by atoms with E-state index in [1.165, 1.54) is 67.5 Å². The zero-order valence-corrected chi connectivity index (χ0v) is 42.7. The van der Waals surface area contributed by atoms with Crippen molar-refractivity contribution in [3.63, 3.8) is 0 Å². The third kappa shape index (κ3) is 15.7. The van der Waals surface area contributed by atoms with Crippen LogP contribution in [0.25, 0.3) is 39.6 Å². The highest BCUT2D eigenvalue weighted by Gasteiger charge is 2.16. The molecule has 71 heavy (non-hydrogen) atoms. The van der Waals surface area contributed by atoms with Gasteiger partial charge in [0.25, 0.3) is 0 Å². The first-order valence-corrected chi connectivity index (χ1v) is 24.6. The molecule has 0 radical (unpaired) electrons. The molecule has 0 saturated carbocycles. The molecule has 0 amide bonds.